The van der Waals surface area contributed by atoms with Crippen LogP contribution in [0.4, 0.5) is 5.69 Å². The predicted molar refractivity (Wildman–Crippen MR) is 104 cm³/mol. The van der Waals surface area contributed by atoms with Crippen LogP contribution in [0.15, 0.2) is 29.8 Å². The number of ether oxygens (including phenoxy) is 2. The van der Waals surface area contributed by atoms with E-state index >= 15 is 0 Å². The van der Waals surface area contributed by atoms with Crippen molar-refractivity contribution in [3.63, 3.8) is 0 Å². The highest BCUT2D eigenvalue weighted by atomic mass is 16.5. The number of carbonyl (C=O) groups excluding carboxylic acids is 2. The van der Waals surface area contributed by atoms with Crippen LogP contribution in [-0.2, 0) is 9.59 Å². The molecule has 0 heterocycles. The summed E-state index contributed by atoms with van der Waals surface area (Å²) in [5, 5.41) is 5.80. The number of methoxy groups -OCH3 is 2. The number of allylic oxidation sites excluding steroid dienone is 1. The van der Waals surface area contributed by atoms with Crippen LogP contribution in [0.25, 0.3) is 0 Å². The van der Waals surface area contributed by atoms with Gasteiger partial charge in [0.1, 0.15) is 16.9 Å². The van der Waals surface area contributed by atoms with Crippen LogP contribution in [0, 0.1) is 5.41 Å². The minimum absolute atomic E-state index is 0.182. The molecule has 6 heteroatoms. The average Bonchev–Trinajstić information content (AvgIpc) is 3.51. The van der Waals surface area contributed by atoms with Gasteiger partial charge in [0.15, 0.2) is 0 Å². The van der Waals surface area contributed by atoms with Gasteiger partial charge in [-0.15, -0.1) is 0 Å². The molecule has 0 spiro atoms. The van der Waals surface area contributed by atoms with Gasteiger partial charge in [0, 0.05) is 12.6 Å². The molecule has 1 saturated carbocycles. The summed E-state index contributed by atoms with van der Waals surface area (Å²) in [5.74, 6) is 0.674. The first-order valence-corrected chi connectivity index (χ1v) is 9.59. The predicted octanol–water partition coefficient (Wildman–Crippen LogP) is 3.43. The second-order valence-electron chi connectivity index (χ2n) is 7.22. The van der Waals surface area contributed by atoms with Crippen LogP contribution in [0.5, 0.6) is 11.5 Å². The van der Waals surface area contributed by atoms with Gasteiger partial charge in [0.2, 0.25) is 11.8 Å². The molecule has 3 rings (SSSR count). The quantitative estimate of drug-likeness (QED) is 0.541. The minimum atomic E-state index is -0.963. The lowest BCUT2D eigenvalue weighted by molar-refractivity contribution is -0.134. The summed E-state index contributed by atoms with van der Waals surface area (Å²) in [6.45, 7) is 0.585. The number of hydrogen-bond donors (Lipinski definition) is 2. The fourth-order valence-corrected chi connectivity index (χ4v) is 3.47. The zero-order valence-corrected chi connectivity index (χ0v) is 16.1. The van der Waals surface area contributed by atoms with E-state index in [4.69, 9.17) is 9.47 Å². The molecule has 1 fully saturated rings. The Hall–Kier alpha value is -2.50. The summed E-state index contributed by atoms with van der Waals surface area (Å²) in [6.07, 6.45) is 9.03. The Morgan fingerprint density at radius 3 is 2.56 bits per heavy atom. The second-order valence-corrected chi connectivity index (χ2v) is 7.22. The molecule has 0 atom stereocenters. The largest absolute Gasteiger partial charge is 0.497 e. The molecule has 0 aromatic heterocycles. The molecule has 0 radical (unpaired) electrons. The molecule has 0 aliphatic heterocycles. The van der Waals surface area contributed by atoms with Crippen LogP contribution < -0.4 is 20.1 Å². The van der Waals surface area contributed by atoms with Crippen molar-refractivity contribution in [1.29, 1.82) is 0 Å². The van der Waals surface area contributed by atoms with Crippen molar-refractivity contribution in [3.05, 3.63) is 29.8 Å². The molecule has 2 aliphatic carbocycles. The van der Waals surface area contributed by atoms with Crippen molar-refractivity contribution in [2.75, 3.05) is 26.1 Å². The molecule has 2 N–H and O–H groups in total. The molecule has 0 bridgehead atoms. The SMILES string of the molecule is COc1ccc(OC)c(NC(=O)C2(C(=O)NCCC3=CCCCC3)CC2)c1. The first-order valence-electron chi connectivity index (χ1n) is 9.59. The Morgan fingerprint density at radius 1 is 1.11 bits per heavy atom. The summed E-state index contributed by atoms with van der Waals surface area (Å²) in [7, 11) is 3.10. The normalized spacial score (nSPS) is 17.5. The highest BCUT2D eigenvalue weighted by molar-refractivity contribution is 6.13. The highest BCUT2D eigenvalue weighted by Crippen LogP contribution is 2.47. The number of anilines is 1. The van der Waals surface area contributed by atoms with Gasteiger partial charge in [0.25, 0.3) is 0 Å². The van der Waals surface area contributed by atoms with E-state index in [-0.39, 0.29) is 11.8 Å². The second kappa shape index (κ2) is 8.46. The zero-order chi connectivity index (χ0) is 19.3. The van der Waals surface area contributed by atoms with Gasteiger partial charge < -0.3 is 20.1 Å². The van der Waals surface area contributed by atoms with Crippen LogP contribution in [0.2, 0.25) is 0 Å². The Balaban J connectivity index is 1.59. The van der Waals surface area contributed by atoms with Gasteiger partial charge in [-0.3, -0.25) is 9.59 Å². The van der Waals surface area contributed by atoms with E-state index in [1.54, 1.807) is 25.3 Å². The molecule has 0 unspecified atom stereocenters. The molecular formula is C21H28N2O4. The zero-order valence-electron chi connectivity index (χ0n) is 16.1. The van der Waals surface area contributed by atoms with Crippen molar-refractivity contribution < 1.29 is 19.1 Å². The molecule has 1 aromatic carbocycles. The third kappa shape index (κ3) is 4.43. The molecule has 6 nitrogen and oxygen atoms in total. The first kappa shape index (κ1) is 19.3. The molecule has 146 valence electrons. The maximum Gasteiger partial charge on any atom is 0.240 e. The summed E-state index contributed by atoms with van der Waals surface area (Å²) in [6, 6.07) is 5.18. The maximum absolute atomic E-state index is 12.8. The number of hydrogen-bond acceptors (Lipinski definition) is 4. The van der Waals surface area contributed by atoms with Crippen molar-refractivity contribution in [2.45, 2.75) is 44.9 Å². The van der Waals surface area contributed by atoms with E-state index in [1.807, 2.05) is 0 Å². The van der Waals surface area contributed by atoms with Crippen molar-refractivity contribution in [2.24, 2.45) is 5.41 Å². The standard InChI is InChI=1S/C21H28N2O4/c1-26-16-8-9-18(27-2)17(14-16)23-20(25)21(11-12-21)19(24)22-13-10-15-6-4-3-5-7-15/h6,8-9,14H,3-5,7,10-13H2,1-2H3,(H,22,24)(H,23,25). The molecule has 2 aliphatic rings. The van der Waals surface area contributed by atoms with Crippen LogP contribution in [0.3, 0.4) is 0 Å². The average molecular weight is 372 g/mol. The van der Waals surface area contributed by atoms with E-state index in [1.165, 1.54) is 25.5 Å². The van der Waals surface area contributed by atoms with Crippen molar-refractivity contribution >= 4 is 17.5 Å². The molecule has 27 heavy (non-hydrogen) atoms. The monoisotopic (exact) mass is 372 g/mol. The highest BCUT2D eigenvalue weighted by Gasteiger charge is 2.56. The third-order valence-electron chi connectivity index (χ3n) is 5.39. The molecular weight excluding hydrogens is 344 g/mol. The van der Waals surface area contributed by atoms with Crippen LogP contribution in [-0.4, -0.2) is 32.6 Å². The maximum atomic E-state index is 12.8. The summed E-state index contributed by atoms with van der Waals surface area (Å²) in [5.41, 5.74) is 0.958. The number of amides is 2. The Kier molecular flexibility index (Phi) is 6.04. The van der Waals surface area contributed by atoms with Crippen LogP contribution in [0.1, 0.15) is 44.9 Å². The number of rotatable bonds is 8. The summed E-state index contributed by atoms with van der Waals surface area (Å²) < 4.78 is 10.5. The van der Waals surface area contributed by atoms with Gasteiger partial charge in [0.05, 0.1) is 19.9 Å². The van der Waals surface area contributed by atoms with Gasteiger partial charge in [-0.25, -0.2) is 0 Å². The lowest BCUT2D eigenvalue weighted by atomic mass is 9.97. The first-order chi connectivity index (χ1) is 13.1. The topological polar surface area (TPSA) is 76.7 Å². The van der Waals surface area contributed by atoms with Gasteiger partial charge in [-0.05, 0) is 57.1 Å². The fraction of sp³-hybridized carbons (Fsp3) is 0.524. The van der Waals surface area contributed by atoms with Gasteiger partial charge in [-0.2, -0.15) is 0 Å². The van der Waals surface area contributed by atoms with E-state index in [9.17, 15) is 9.59 Å². The van der Waals surface area contributed by atoms with E-state index in [0.29, 0.717) is 36.6 Å². The smallest absolute Gasteiger partial charge is 0.240 e. The van der Waals surface area contributed by atoms with Crippen molar-refractivity contribution in [3.8, 4) is 11.5 Å². The molecule has 0 saturated heterocycles. The van der Waals surface area contributed by atoms with Crippen LogP contribution >= 0.6 is 0 Å². The Labute approximate surface area is 160 Å². The lowest BCUT2D eigenvalue weighted by Gasteiger charge is -2.18. The molecule has 2 amide bonds. The minimum Gasteiger partial charge on any atom is -0.497 e. The van der Waals surface area contributed by atoms with E-state index in [2.05, 4.69) is 16.7 Å². The number of benzene rings is 1. The van der Waals surface area contributed by atoms with E-state index < -0.39 is 5.41 Å². The number of carbonyl (C=O) groups is 2. The molecule has 1 aromatic rings. The summed E-state index contributed by atoms with van der Waals surface area (Å²) >= 11 is 0. The Bertz CT molecular complexity index is 738. The fourth-order valence-electron chi connectivity index (χ4n) is 3.47. The van der Waals surface area contributed by atoms with E-state index in [0.717, 1.165) is 19.3 Å². The lowest BCUT2D eigenvalue weighted by Crippen LogP contribution is -2.40. The Morgan fingerprint density at radius 2 is 1.93 bits per heavy atom. The van der Waals surface area contributed by atoms with Crippen molar-refractivity contribution in [1.82, 2.24) is 5.32 Å². The third-order valence-corrected chi connectivity index (χ3v) is 5.39. The van der Waals surface area contributed by atoms with Gasteiger partial charge in [-0.1, -0.05) is 11.6 Å². The summed E-state index contributed by atoms with van der Waals surface area (Å²) in [4.78, 5) is 25.4. The van der Waals surface area contributed by atoms with Gasteiger partial charge >= 0.3 is 0 Å². The number of nitrogens with one attached hydrogen (secondary N) is 2.